The van der Waals surface area contributed by atoms with Crippen LogP contribution in [0, 0.1) is 0 Å². The molecule has 1 N–H and O–H groups in total. The van der Waals surface area contributed by atoms with E-state index in [4.69, 9.17) is 14.2 Å². The summed E-state index contributed by atoms with van der Waals surface area (Å²) in [6.07, 6.45) is 1.15. The highest BCUT2D eigenvalue weighted by atomic mass is 16.5. The third-order valence-electron chi connectivity index (χ3n) is 4.54. The molecule has 0 aliphatic carbocycles. The van der Waals surface area contributed by atoms with Gasteiger partial charge in [-0.2, -0.15) is 0 Å². The summed E-state index contributed by atoms with van der Waals surface area (Å²) >= 11 is 0. The number of aliphatic hydroxyl groups excluding tert-OH is 1. The second-order valence-electron chi connectivity index (χ2n) is 7.03. The molecule has 31 heavy (non-hydrogen) atoms. The van der Waals surface area contributed by atoms with Crippen molar-refractivity contribution < 1.29 is 28.9 Å². The van der Waals surface area contributed by atoms with E-state index >= 15 is 0 Å². The van der Waals surface area contributed by atoms with Crippen LogP contribution in [0.1, 0.15) is 50.7 Å². The third kappa shape index (κ3) is 12.6. The maximum atomic E-state index is 11.4. The number of hydrogen-bond acceptors (Lipinski definition) is 6. The molecule has 2 atom stereocenters. The van der Waals surface area contributed by atoms with Gasteiger partial charge in [0.05, 0.1) is 25.0 Å². The van der Waals surface area contributed by atoms with Crippen LogP contribution in [-0.4, -0.2) is 36.4 Å². The smallest absolute Gasteiger partial charge is 0.308 e. The first-order chi connectivity index (χ1) is 15.0. The zero-order valence-electron chi connectivity index (χ0n) is 18.7. The van der Waals surface area contributed by atoms with Crippen LogP contribution in [0.2, 0.25) is 0 Å². The second kappa shape index (κ2) is 16.1. The van der Waals surface area contributed by atoms with Crippen molar-refractivity contribution in [2.24, 2.45) is 0 Å². The Balaban J connectivity index is 0.000000311. The van der Waals surface area contributed by atoms with Gasteiger partial charge >= 0.3 is 11.9 Å². The van der Waals surface area contributed by atoms with Gasteiger partial charge in [0, 0.05) is 7.11 Å². The van der Waals surface area contributed by atoms with E-state index < -0.39 is 6.10 Å². The molecule has 2 rings (SSSR count). The van der Waals surface area contributed by atoms with E-state index in [1.54, 1.807) is 7.11 Å². The molecular weight excluding hydrogens is 396 g/mol. The van der Waals surface area contributed by atoms with E-state index in [1.165, 1.54) is 0 Å². The monoisotopic (exact) mass is 430 g/mol. The molecule has 2 aromatic carbocycles. The maximum absolute atomic E-state index is 11.4. The van der Waals surface area contributed by atoms with Crippen molar-refractivity contribution in [3.05, 3.63) is 71.8 Å². The number of rotatable bonds is 11. The van der Waals surface area contributed by atoms with Crippen molar-refractivity contribution in [1.82, 2.24) is 0 Å². The molecule has 0 heterocycles. The molecule has 0 aliphatic rings. The lowest BCUT2D eigenvalue weighted by Gasteiger charge is -2.12. The topological polar surface area (TPSA) is 82.1 Å². The SMILES string of the molecule is CCC(CC(=O)OCc1ccccc1)OC.CCC(O)CC(=O)OCc1ccccc1. The van der Waals surface area contributed by atoms with Crippen molar-refractivity contribution in [2.45, 2.75) is 65.0 Å². The van der Waals surface area contributed by atoms with Gasteiger partial charge in [0.1, 0.15) is 13.2 Å². The van der Waals surface area contributed by atoms with Crippen LogP contribution in [0.15, 0.2) is 60.7 Å². The summed E-state index contributed by atoms with van der Waals surface area (Å²) in [5.74, 6) is -0.564. The van der Waals surface area contributed by atoms with Gasteiger partial charge in [0.25, 0.3) is 0 Å². The van der Waals surface area contributed by atoms with Gasteiger partial charge in [-0.1, -0.05) is 74.5 Å². The summed E-state index contributed by atoms with van der Waals surface area (Å²) in [6.45, 7) is 4.42. The fourth-order valence-electron chi connectivity index (χ4n) is 2.51. The van der Waals surface area contributed by atoms with Crippen molar-refractivity contribution in [2.75, 3.05) is 7.11 Å². The van der Waals surface area contributed by atoms with E-state index in [2.05, 4.69) is 0 Å². The van der Waals surface area contributed by atoms with Gasteiger partial charge < -0.3 is 19.3 Å². The van der Waals surface area contributed by atoms with Gasteiger partial charge in [-0.15, -0.1) is 0 Å². The average Bonchev–Trinajstić information content (AvgIpc) is 2.81. The van der Waals surface area contributed by atoms with Crippen molar-refractivity contribution >= 4 is 11.9 Å². The number of esters is 2. The molecule has 2 aromatic rings. The Labute approximate surface area is 185 Å². The number of carbonyl (C=O) groups is 2. The molecule has 6 nitrogen and oxygen atoms in total. The first kappa shape index (κ1) is 26.3. The zero-order chi connectivity index (χ0) is 22.9. The molecule has 2 unspecified atom stereocenters. The summed E-state index contributed by atoms with van der Waals surface area (Å²) in [5.41, 5.74) is 1.96. The van der Waals surface area contributed by atoms with E-state index in [0.29, 0.717) is 19.4 Å². The van der Waals surface area contributed by atoms with Crippen LogP contribution in [-0.2, 0) is 37.0 Å². The predicted molar refractivity (Wildman–Crippen MR) is 119 cm³/mol. The quantitative estimate of drug-likeness (QED) is 0.531. The van der Waals surface area contributed by atoms with Crippen molar-refractivity contribution in [3.63, 3.8) is 0 Å². The Morgan fingerprint density at radius 3 is 1.61 bits per heavy atom. The summed E-state index contributed by atoms with van der Waals surface area (Å²) in [7, 11) is 1.61. The van der Waals surface area contributed by atoms with Crippen LogP contribution in [0.4, 0.5) is 0 Å². The molecule has 0 spiro atoms. The Bertz CT molecular complexity index is 728. The molecule has 0 radical (unpaired) electrons. The van der Waals surface area contributed by atoms with Crippen LogP contribution >= 0.6 is 0 Å². The molecule has 170 valence electrons. The highest BCUT2D eigenvalue weighted by molar-refractivity contribution is 5.70. The molecule has 6 heteroatoms. The van der Waals surface area contributed by atoms with E-state index in [0.717, 1.165) is 17.5 Å². The molecule has 0 amide bonds. The molecular formula is C25H34O6. The Kier molecular flexibility index (Phi) is 13.6. The number of carbonyl (C=O) groups excluding carboxylic acids is 2. The highest BCUT2D eigenvalue weighted by Gasteiger charge is 2.12. The van der Waals surface area contributed by atoms with E-state index in [9.17, 15) is 14.7 Å². The molecule has 0 aromatic heterocycles. The summed E-state index contributed by atoms with van der Waals surface area (Å²) in [6, 6.07) is 19.1. The molecule has 0 bridgehead atoms. The molecule has 0 fully saturated rings. The fraction of sp³-hybridized carbons (Fsp3) is 0.440. The summed E-state index contributed by atoms with van der Waals surface area (Å²) in [5, 5.41) is 9.22. The largest absolute Gasteiger partial charge is 0.461 e. The van der Waals surface area contributed by atoms with Crippen molar-refractivity contribution in [3.8, 4) is 0 Å². The molecule has 0 saturated carbocycles. The predicted octanol–water partition coefficient (Wildman–Crippen LogP) is 4.44. The third-order valence-corrected chi connectivity index (χ3v) is 4.54. The number of hydrogen-bond donors (Lipinski definition) is 1. The first-order valence-electron chi connectivity index (χ1n) is 10.6. The van der Waals surface area contributed by atoms with Gasteiger partial charge in [0.2, 0.25) is 0 Å². The van der Waals surface area contributed by atoms with Gasteiger partial charge in [-0.3, -0.25) is 9.59 Å². The minimum atomic E-state index is -0.590. The van der Waals surface area contributed by atoms with E-state index in [-0.39, 0.29) is 31.1 Å². The van der Waals surface area contributed by atoms with Gasteiger partial charge in [-0.05, 0) is 24.0 Å². The van der Waals surface area contributed by atoms with Gasteiger partial charge in [-0.25, -0.2) is 0 Å². The van der Waals surface area contributed by atoms with Crippen molar-refractivity contribution in [1.29, 1.82) is 0 Å². The zero-order valence-corrected chi connectivity index (χ0v) is 18.7. The van der Waals surface area contributed by atoms with Crippen LogP contribution in [0.25, 0.3) is 0 Å². The lowest BCUT2D eigenvalue weighted by molar-refractivity contribution is -0.148. The minimum Gasteiger partial charge on any atom is -0.461 e. The second-order valence-corrected chi connectivity index (χ2v) is 7.03. The number of ether oxygens (including phenoxy) is 3. The molecule has 0 aliphatic heterocycles. The average molecular weight is 431 g/mol. The van der Waals surface area contributed by atoms with E-state index in [1.807, 2.05) is 74.5 Å². The van der Waals surface area contributed by atoms with Crippen LogP contribution in [0.5, 0.6) is 0 Å². The van der Waals surface area contributed by atoms with Gasteiger partial charge in [0.15, 0.2) is 0 Å². The summed E-state index contributed by atoms with van der Waals surface area (Å²) < 4.78 is 15.3. The first-order valence-corrected chi connectivity index (χ1v) is 10.6. The lowest BCUT2D eigenvalue weighted by Crippen LogP contribution is -2.17. The van der Waals surface area contributed by atoms with Crippen LogP contribution in [0.3, 0.4) is 0 Å². The number of aliphatic hydroxyl groups is 1. The fourth-order valence-corrected chi connectivity index (χ4v) is 2.51. The Morgan fingerprint density at radius 1 is 0.774 bits per heavy atom. The standard InChI is InChI=1S/C13H18O3.C12H16O3/c1-3-12(15-2)9-13(14)16-10-11-7-5-4-6-8-11;1-2-11(13)8-12(14)15-9-10-6-4-3-5-7-10/h4-8,12H,3,9-10H2,1-2H3;3-7,11,13H,2,8-9H2,1H3. The number of benzene rings is 2. The summed E-state index contributed by atoms with van der Waals surface area (Å²) in [4.78, 5) is 22.6. The normalized spacial score (nSPS) is 12.1. The Morgan fingerprint density at radius 2 is 1.23 bits per heavy atom. The molecule has 0 saturated heterocycles. The van der Waals surface area contributed by atoms with Crippen LogP contribution < -0.4 is 0 Å². The minimum absolute atomic E-state index is 0.0386. The Hall–Kier alpha value is -2.70. The number of methoxy groups -OCH3 is 1. The lowest BCUT2D eigenvalue weighted by atomic mass is 10.2. The maximum Gasteiger partial charge on any atom is 0.308 e. The highest BCUT2D eigenvalue weighted by Crippen LogP contribution is 2.07.